The van der Waals surface area contributed by atoms with E-state index in [-0.39, 0.29) is 11.1 Å². The van der Waals surface area contributed by atoms with E-state index in [9.17, 15) is 9.90 Å². The Morgan fingerprint density at radius 3 is 2.45 bits per heavy atom. The third-order valence-electron chi connectivity index (χ3n) is 2.65. The molecule has 0 aliphatic rings. The van der Waals surface area contributed by atoms with Crippen LogP contribution in [0.15, 0.2) is 18.2 Å². The molecule has 1 N–H and O–H groups in total. The molecule has 0 saturated carbocycles. The maximum absolute atomic E-state index is 11.4. The number of carboxylic acids is 1. The van der Waals surface area contributed by atoms with Crippen LogP contribution in [0.2, 0.25) is 10.0 Å². The number of aromatic carboxylic acids is 1. The van der Waals surface area contributed by atoms with E-state index in [0.29, 0.717) is 20.5 Å². The van der Waals surface area contributed by atoms with Gasteiger partial charge >= 0.3 is 5.97 Å². The molecule has 0 saturated heterocycles. The Labute approximate surface area is 131 Å². The van der Waals surface area contributed by atoms with E-state index in [4.69, 9.17) is 23.2 Å². The maximum Gasteiger partial charge on any atom is 0.356 e. The molecule has 1 aromatic heterocycles. The first kappa shape index (κ1) is 15.3. The van der Waals surface area contributed by atoms with Crippen molar-refractivity contribution in [2.45, 2.75) is 26.2 Å². The molecular weight excluding hydrogens is 317 g/mol. The minimum absolute atomic E-state index is 0.0316. The molecule has 106 valence electrons. The molecule has 0 unspecified atom stereocenters. The minimum Gasteiger partial charge on any atom is -0.476 e. The summed E-state index contributed by atoms with van der Waals surface area (Å²) in [6.45, 7) is 5.97. The summed E-state index contributed by atoms with van der Waals surface area (Å²) in [7, 11) is 0. The Bertz CT molecular complexity index is 674. The molecule has 0 bridgehead atoms. The van der Waals surface area contributed by atoms with Gasteiger partial charge in [0, 0.05) is 16.0 Å². The third-order valence-corrected chi connectivity index (χ3v) is 4.71. The Kier molecular flexibility index (Phi) is 4.09. The summed E-state index contributed by atoms with van der Waals surface area (Å²) in [6, 6.07) is 5.00. The number of carbonyl (C=O) groups is 1. The predicted molar refractivity (Wildman–Crippen MR) is 83.2 cm³/mol. The van der Waals surface area contributed by atoms with E-state index < -0.39 is 5.97 Å². The Hall–Kier alpha value is -1.10. The van der Waals surface area contributed by atoms with Crippen molar-refractivity contribution < 1.29 is 9.90 Å². The quantitative estimate of drug-likeness (QED) is 0.832. The van der Waals surface area contributed by atoms with Crippen molar-refractivity contribution in [3.63, 3.8) is 0 Å². The second kappa shape index (κ2) is 5.35. The SMILES string of the molecule is CC(C)(C)c1nc(C(=O)O)c(-c2ccc(Cl)cc2Cl)s1. The highest BCUT2D eigenvalue weighted by Gasteiger charge is 2.26. The first-order valence-corrected chi connectivity index (χ1v) is 7.47. The molecule has 0 spiro atoms. The highest BCUT2D eigenvalue weighted by atomic mass is 35.5. The Morgan fingerprint density at radius 1 is 1.30 bits per heavy atom. The van der Waals surface area contributed by atoms with E-state index in [2.05, 4.69) is 4.98 Å². The molecule has 0 aliphatic heterocycles. The number of hydrogen-bond donors (Lipinski definition) is 1. The van der Waals surface area contributed by atoms with Gasteiger partial charge in [0.2, 0.25) is 0 Å². The zero-order valence-electron chi connectivity index (χ0n) is 11.2. The average Bonchev–Trinajstić information content (AvgIpc) is 2.73. The van der Waals surface area contributed by atoms with Gasteiger partial charge < -0.3 is 5.11 Å². The van der Waals surface area contributed by atoms with Crippen LogP contribution >= 0.6 is 34.5 Å². The lowest BCUT2D eigenvalue weighted by atomic mass is 9.98. The second-order valence-corrected chi connectivity index (χ2v) is 7.22. The van der Waals surface area contributed by atoms with Crippen LogP contribution in [0, 0.1) is 0 Å². The van der Waals surface area contributed by atoms with Crippen molar-refractivity contribution in [1.82, 2.24) is 4.98 Å². The number of thiazole rings is 1. The van der Waals surface area contributed by atoms with Crippen molar-refractivity contribution in [2.24, 2.45) is 0 Å². The molecule has 0 radical (unpaired) electrons. The lowest BCUT2D eigenvalue weighted by Gasteiger charge is -2.13. The van der Waals surface area contributed by atoms with Gasteiger partial charge in [0.25, 0.3) is 0 Å². The van der Waals surface area contributed by atoms with Crippen LogP contribution in [-0.2, 0) is 5.41 Å². The van der Waals surface area contributed by atoms with E-state index in [1.807, 2.05) is 20.8 Å². The number of halogens is 2. The van der Waals surface area contributed by atoms with Crippen molar-refractivity contribution in [3.05, 3.63) is 38.9 Å². The van der Waals surface area contributed by atoms with Crippen LogP contribution in [-0.4, -0.2) is 16.1 Å². The first-order valence-electron chi connectivity index (χ1n) is 5.90. The molecule has 2 rings (SSSR count). The summed E-state index contributed by atoms with van der Waals surface area (Å²) >= 11 is 13.4. The first-order chi connectivity index (χ1) is 9.20. The van der Waals surface area contributed by atoms with Gasteiger partial charge in [-0.25, -0.2) is 9.78 Å². The fourth-order valence-electron chi connectivity index (χ4n) is 1.64. The topological polar surface area (TPSA) is 50.2 Å². The number of rotatable bonds is 2. The number of aromatic nitrogens is 1. The van der Waals surface area contributed by atoms with Crippen LogP contribution in [0.4, 0.5) is 0 Å². The van der Waals surface area contributed by atoms with Gasteiger partial charge in [0.1, 0.15) is 0 Å². The fourth-order valence-corrected chi connectivity index (χ4v) is 3.36. The minimum atomic E-state index is -1.06. The third kappa shape index (κ3) is 2.97. The predicted octanol–water partition coefficient (Wildman–Crippen LogP) is 5.11. The van der Waals surface area contributed by atoms with E-state index in [0.717, 1.165) is 5.01 Å². The lowest BCUT2D eigenvalue weighted by Crippen LogP contribution is -2.11. The van der Waals surface area contributed by atoms with Gasteiger partial charge in [-0.15, -0.1) is 11.3 Å². The summed E-state index contributed by atoms with van der Waals surface area (Å²) in [6.07, 6.45) is 0. The summed E-state index contributed by atoms with van der Waals surface area (Å²) in [5.74, 6) is -1.06. The molecule has 2 aromatic rings. The van der Waals surface area contributed by atoms with Crippen LogP contribution < -0.4 is 0 Å². The summed E-state index contributed by atoms with van der Waals surface area (Å²) in [5, 5.41) is 11.0. The van der Waals surface area contributed by atoms with E-state index in [1.54, 1.807) is 18.2 Å². The normalized spacial score (nSPS) is 11.7. The van der Waals surface area contributed by atoms with Crippen LogP contribution in [0.3, 0.4) is 0 Å². The van der Waals surface area contributed by atoms with Gasteiger partial charge in [-0.2, -0.15) is 0 Å². The average molecular weight is 330 g/mol. The van der Waals surface area contributed by atoms with Crippen molar-refractivity contribution in [1.29, 1.82) is 0 Å². The molecule has 0 aliphatic carbocycles. The molecule has 0 atom stereocenters. The zero-order valence-corrected chi connectivity index (χ0v) is 13.5. The van der Waals surface area contributed by atoms with Crippen LogP contribution in [0.5, 0.6) is 0 Å². The summed E-state index contributed by atoms with van der Waals surface area (Å²) in [5.41, 5.74) is 0.456. The van der Waals surface area contributed by atoms with Gasteiger partial charge in [0.15, 0.2) is 5.69 Å². The highest BCUT2D eigenvalue weighted by molar-refractivity contribution is 7.15. The number of benzene rings is 1. The fraction of sp³-hybridized carbons (Fsp3) is 0.286. The molecule has 1 heterocycles. The van der Waals surface area contributed by atoms with Gasteiger partial charge in [-0.05, 0) is 12.1 Å². The molecule has 6 heteroatoms. The molecule has 20 heavy (non-hydrogen) atoms. The highest BCUT2D eigenvalue weighted by Crippen LogP contribution is 2.39. The van der Waals surface area contributed by atoms with Gasteiger partial charge in [-0.1, -0.05) is 50.0 Å². The van der Waals surface area contributed by atoms with Crippen LogP contribution in [0.1, 0.15) is 36.3 Å². The standard InChI is InChI=1S/C14H13Cl2NO2S/c1-14(2,3)13-17-10(12(18)19)11(20-13)8-5-4-7(15)6-9(8)16/h4-6H,1-3H3,(H,18,19). The Morgan fingerprint density at radius 2 is 1.95 bits per heavy atom. The number of hydrogen-bond acceptors (Lipinski definition) is 3. The number of nitrogens with zero attached hydrogens (tertiary/aromatic N) is 1. The van der Waals surface area contributed by atoms with Crippen molar-refractivity contribution >= 4 is 40.5 Å². The monoisotopic (exact) mass is 329 g/mol. The smallest absolute Gasteiger partial charge is 0.356 e. The lowest BCUT2D eigenvalue weighted by molar-refractivity contribution is 0.0692. The largest absolute Gasteiger partial charge is 0.476 e. The molecule has 3 nitrogen and oxygen atoms in total. The second-order valence-electron chi connectivity index (χ2n) is 5.38. The molecule has 1 aromatic carbocycles. The summed E-state index contributed by atoms with van der Waals surface area (Å²) < 4.78 is 0. The van der Waals surface area contributed by atoms with Crippen molar-refractivity contribution in [2.75, 3.05) is 0 Å². The zero-order chi connectivity index (χ0) is 15.1. The molecular formula is C14H13Cl2NO2S. The maximum atomic E-state index is 11.4. The van der Waals surface area contributed by atoms with E-state index >= 15 is 0 Å². The number of carboxylic acid groups (broad SMARTS) is 1. The van der Waals surface area contributed by atoms with Gasteiger partial charge in [-0.3, -0.25) is 0 Å². The van der Waals surface area contributed by atoms with Crippen molar-refractivity contribution in [3.8, 4) is 10.4 Å². The summed E-state index contributed by atoms with van der Waals surface area (Å²) in [4.78, 5) is 16.2. The molecule has 0 amide bonds. The van der Waals surface area contributed by atoms with Gasteiger partial charge in [0.05, 0.1) is 14.9 Å². The Balaban J connectivity index is 2.66. The van der Waals surface area contributed by atoms with E-state index in [1.165, 1.54) is 11.3 Å². The van der Waals surface area contributed by atoms with Crippen LogP contribution in [0.25, 0.3) is 10.4 Å². The molecule has 0 fully saturated rings.